The Hall–Kier alpha value is -3.07. The topological polar surface area (TPSA) is 110 Å². The van der Waals surface area contributed by atoms with E-state index in [0.29, 0.717) is 22.2 Å². The number of thiophene rings is 1. The molecule has 0 spiro atoms. The van der Waals surface area contributed by atoms with Gasteiger partial charge in [-0.3, -0.25) is 4.79 Å². The summed E-state index contributed by atoms with van der Waals surface area (Å²) < 4.78 is 66.8. The molecule has 2 aromatic heterocycles. The summed E-state index contributed by atoms with van der Waals surface area (Å²) in [6.45, 7) is 5.00. The number of nitrogens with zero attached hydrogens (tertiary/aromatic N) is 3. The van der Waals surface area contributed by atoms with E-state index in [1.807, 2.05) is 0 Å². The molecule has 5 rings (SSSR count). The number of hydrogen-bond acceptors (Lipinski definition) is 9. The number of thioether (sulfide) groups is 1. The van der Waals surface area contributed by atoms with Gasteiger partial charge in [0.25, 0.3) is 0 Å². The van der Waals surface area contributed by atoms with Crippen molar-refractivity contribution >= 4 is 50.9 Å². The number of benzene rings is 1. The van der Waals surface area contributed by atoms with Crippen molar-refractivity contribution in [1.29, 1.82) is 0 Å². The van der Waals surface area contributed by atoms with Gasteiger partial charge < -0.3 is 24.8 Å². The van der Waals surface area contributed by atoms with Crippen LogP contribution in [-0.4, -0.2) is 63.5 Å². The van der Waals surface area contributed by atoms with Crippen LogP contribution in [0, 0.1) is 0 Å². The lowest BCUT2D eigenvalue weighted by Crippen LogP contribution is -2.36. The summed E-state index contributed by atoms with van der Waals surface area (Å²) in [4.78, 5) is 29.6. The number of carbonyl (C=O) groups excluding carboxylic acids is 2. The molecule has 1 aromatic carbocycles. The highest BCUT2D eigenvalue weighted by atomic mass is 32.2. The summed E-state index contributed by atoms with van der Waals surface area (Å²) in [6, 6.07) is 3.46. The van der Waals surface area contributed by atoms with Gasteiger partial charge in [0.15, 0.2) is 0 Å². The Morgan fingerprint density at radius 2 is 2.05 bits per heavy atom. The van der Waals surface area contributed by atoms with Gasteiger partial charge in [0, 0.05) is 23.2 Å². The van der Waals surface area contributed by atoms with Crippen LogP contribution in [0.4, 0.5) is 28.0 Å². The van der Waals surface area contributed by atoms with Crippen LogP contribution in [0.3, 0.4) is 0 Å². The Kier molecular flexibility index (Phi) is 7.16. The maximum atomic E-state index is 14.9. The lowest BCUT2D eigenvalue weighted by molar-refractivity contribution is -0.119. The normalized spacial score (nSPS) is 22.0. The molecule has 9 nitrogen and oxygen atoms in total. The zero-order valence-corrected chi connectivity index (χ0v) is 22.7. The molecule has 2 saturated heterocycles. The molecule has 3 aromatic rings. The van der Waals surface area contributed by atoms with Crippen LogP contribution in [0.2, 0.25) is 0 Å². The van der Waals surface area contributed by atoms with Gasteiger partial charge in [0.2, 0.25) is 17.6 Å². The maximum Gasteiger partial charge on any atom is 0.446 e. The zero-order valence-electron chi connectivity index (χ0n) is 21.1. The van der Waals surface area contributed by atoms with Crippen LogP contribution < -0.4 is 10.6 Å². The lowest BCUT2D eigenvalue weighted by atomic mass is 10.2. The van der Waals surface area contributed by atoms with Gasteiger partial charge >= 0.3 is 11.6 Å². The number of carbonyl (C=O) groups is 2. The highest BCUT2D eigenvalue weighted by Crippen LogP contribution is 2.51. The average molecular weight is 588 g/mol. The SMILES string of the molecule is CC(C)(C)OC(=O)N1C[C@H](F)[C@H](Nc2cccc3c(SC(F)(F)F)c(-c4noc([C@H]5CCC(=O)N5)n4)sc23)C1. The molecule has 39 heavy (non-hydrogen) atoms. The predicted octanol–water partition coefficient (Wildman–Crippen LogP) is 5.88. The van der Waals surface area contributed by atoms with Gasteiger partial charge in [-0.05, 0) is 45.0 Å². The number of amides is 2. The molecule has 210 valence electrons. The van der Waals surface area contributed by atoms with Crippen LogP contribution in [0.1, 0.15) is 45.5 Å². The van der Waals surface area contributed by atoms with E-state index >= 15 is 0 Å². The van der Waals surface area contributed by atoms with Gasteiger partial charge in [0.05, 0.1) is 27.9 Å². The molecule has 15 heteroatoms. The monoisotopic (exact) mass is 587 g/mol. The number of hydrogen-bond donors (Lipinski definition) is 2. The van der Waals surface area contributed by atoms with E-state index < -0.39 is 35.5 Å². The van der Waals surface area contributed by atoms with Crippen molar-refractivity contribution < 1.29 is 36.4 Å². The van der Waals surface area contributed by atoms with Crippen LogP contribution in [0.5, 0.6) is 0 Å². The number of alkyl halides is 4. The summed E-state index contributed by atoms with van der Waals surface area (Å²) in [6.07, 6.45) is -1.33. The first-order chi connectivity index (χ1) is 18.3. The van der Waals surface area contributed by atoms with Crippen molar-refractivity contribution in [3.63, 3.8) is 0 Å². The number of likely N-dealkylation sites (tertiary alicyclic amines) is 1. The third-order valence-electron chi connectivity index (χ3n) is 6.07. The van der Waals surface area contributed by atoms with Crippen molar-refractivity contribution in [3.8, 4) is 10.7 Å². The Morgan fingerprint density at radius 3 is 2.72 bits per heavy atom. The molecule has 0 bridgehead atoms. The number of rotatable bonds is 5. The Morgan fingerprint density at radius 1 is 1.28 bits per heavy atom. The third-order valence-corrected chi connectivity index (χ3v) is 8.29. The minimum Gasteiger partial charge on any atom is -0.444 e. The fraction of sp³-hybridized carbons (Fsp3) is 0.500. The molecule has 2 N–H and O–H groups in total. The van der Waals surface area contributed by atoms with Crippen LogP contribution in [0.25, 0.3) is 20.8 Å². The second-order valence-electron chi connectivity index (χ2n) is 10.3. The average Bonchev–Trinajstić information content (AvgIpc) is 3.59. The molecule has 4 heterocycles. The number of fused-ring (bicyclic) bond motifs is 1. The predicted molar refractivity (Wildman–Crippen MR) is 137 cm³/mol. The zero-order chi connectivity index (χ0) is 28.1. The molecule has 2 aliphatic rings. The minimum absolute atomic E-state index is 0.0240. The number of halogens is 4. The van der Waals surface area contributed by atoms with Gasteiger partial charge in [-0.1, -0.05) is 17.3 Å². The fourth-order valence-corrected chi connectivity index (χ4v) is 6.53. The van der Waals surface area contributed by atoms with Gasteiger partial charge in [-0.25, -0.2) is 9.18 Å². The molecule has 0 aliphatic carbocycles. The number of aromatic nitrogens is 2. The first-order valence-corrected chi connectivity index (χ1v) is 13.7. The van der Waals surface area contributed by atoms with Crippen molar-refractivity contribution in [2.45, 2.75) is 67.9 Å². The molecular weight excluding hydrogens is 562 g/mol. The lowest BCUT2D eigenvalue weighted by Gasteiger charge is -2.24. The molecule has 0 radical (unpaired) electrons. The Bertz CT molecular complexity index is 1400. The maximum absolute atomic E-state index is 14.9. The standard InChI is InChI=1S/C24H25F4N5O4S2/c1-23(2,3)36-22(35)33-9-12(25)15(10-33)29-13-6-4-5-11-17(13)38-19(18(11)39-24(26,27)28)20-31-21(37-32-20)14-7-8-16(34)30-14/h4-6,12,14-15,29H,7-10H2,1-3H3,(H,30,34)/t12-,14+,15+/m0/s1. The minimum atomic E-state index is -4.60. The van der Waals surface area contributed by atoms with E-state index in [-0.39, 0.29) is 58.7 Å². The quantitative estimate of drug-likeness (QED) is 0.281. The van der Waals surface area contributed by atoms with Gasteiger partial charge in [0.1, 0.15) is 17.8 Å². The summed E-state index contributed by atoms with van der Waals surface area (Å²) >= 11 is 0.726. The smallest absolute Gasteiger partial charge is 0.444 e. The number of nitrogens with one attached hydrogen (secondary N) is 2. The van der Waals surface area contributed by atoms with E-state index in [4.69, 9.17) is 9.26 Å². The summed E-state index contributed by atoms with van der Waals surface area (Å²) in [5.41, 5.74) is -4.92. The van der Waals surface area contributed by atoms with E-state index in [0.717, 1.165) is 11.3 Å². The molecule has 0 saturated carbocycles. The Labute approximate surface area is 228 Å². The van der Waals surface area contributed by atoms with Gasteiger partial charge in [-0.15, -0.1) is 11.3 Å². The second kappa shape index (κ2) is 10.2. The van der Waals surface area contributed by atoms with E-state index in [9.17, 15) is 27.2 Å². The van der Waals surface area contributed by atoms with Crippen LogP contribution >= 0.6 is 23.1 Å². The summed E-state index contributed by atoms with van der Waals surface area (Å²) in [5, 5.41) is 9.96. The first-order valence-electron chi connectivity index (χ1n) is 12.1. The largest absolute Gasteiger partial charge is 0.446 e. The van der Waals surface area contributed by atoms with Crippen LogP contribution in [-0.2, 0) is 9.53 Å². The van der Waals surface area contributed by atoms with Crippen LogP contribution in [0.15, 0.2) is 27.6 Å². The van der Waals surface area contributed by atoms with Gasteiger partial charge in [-0.2, -0.15) is 18.2 Å². The summed E-state index contributed by atoms with van der Waals surface area (Å²) in [7, 11) is 0. The third kappa shape index (κ3) is 6.08. The van der Waals surface area contributed by atoms with E-state index in [1.165, 1.54) is 4.90 Å². The molecule has 2 amide bonds. The van der Waals surface area contributed by atoms with Crippen molar-refractivity contribution in [2.75, 3.05) is 18.4 Å². The molecule has 3 atom stereocenters. The number of anilines is 1. The molecular formula is C24H25F4N5O4S2. The first kappa shape index (κ1) is 27.5. The Balaban J connectivity index is 1.46. The van der Waals surface area contributed by atoms with Crippen molar-refractivity contribution in [3.05, 3.63) is 24.1 Å². The van der Waals surface area contributed by atoms with E-state index in [2.05, 4.69) is 20.8 Å². The number of ether oxygens (including phenoxy) is 1. The highest BCUT2D eigenvalue weighted by molar-refractivity contribution is 8.00. The molecule has 0 unspecified atom stereocenters. The fourth-order valence-electron chi connectivity index (χ4n) is 4.42. The summed E-state index contributed by atoms with van der Waals surface area (Å²) in [5.74, 6) is -0.0950. The second-order valence-corrected chi connectivity index (χ2v) is 12.4. The van der Waals surface area contributed by atoms with Crippen molar-refractivity contribution in [2.24, 2.45) is 0 Å². The molecule has 2 fully saturated rings. The molecule has 2 aliphatic heterocycles. The highest BCUT2D eigenvalue weighted by Gasteiger charge is 2.39. The van der Waals surface area contributed by atoms with E-state index in [1.54, 1.807) is 39.0 Å². The van der Waals surface area contributed by atoms with Crippen molar-refractivity contribution in [1.82, 2.24) is 20.4 Å².